The lowest BCUT2D eigenvalue weighted by Crippen LogP contribution is -2.43. The van der Waals surface area contributed by atoms with Gasteiger partial charge in [0, 0.05) is 18.0 Å². The monoisotopic (exact) mass is 386 g/mol. The van der Waals surface area contributed by atoms with Crippen LogP contribution < -0.4 is 5.32 Å². The summed E-state index contributed by atoms with van der Waals surface area (Å²) in [7, 11) is 0. The highest BCUT2D eigenvalue weighted by molar-refractivity contribution is 6.08. The minimum Gasteiger partial charge on any atom is -0.343 e. The molecule has 0 aliphatic carbocycles. The van der Waals surface area contributed by atoms with Crippen LogP contribution in [0.4, 0.5) is 8.78 Å². The average Bonchev–Trinajstić information content (AvgIpc) is 2.99. The van der Waals surface area contributed by atoms with Crippen LogP contribution in [-0.2, 0) is 4.79 Å². The van der Waals surface area contributed by atoms with E-state index < -0.39 is 43.3 Å². The van der Waals surface area contributed by atoms with Gasteiger partial charge in [-0.05, 0) is 23.6 Å². The van der Waals surface area contributed by atoms with Crippen molar-refractivity contribution in [1.29, 1.82) is 5.26 Å². The highest BCUT2D eigenvalue weighted by Crippen LogP contribution is 2.31. The molecule has 8 heteroatoms. The molecule has 1 fully saturated rings. The van der Waals surface area contributed by atoms with Crippen LogP contribution in [0, 0.1) is 11.3 Å². The van der Waals surface area contributed by atoms with E-state index in [4.69, 9.17) is 5.26 Å². The van der Waals surface area contributed by atoms with Crippen LogP contribution >= 0.6 is 0 Å². The number of nitrogens with one attached hydrogen (secondary N) is 1. The molecular weight excluding hydrogens is 366 g/mol. The van der Waals surface area contributed by atoms with Gasteiger partial charge in [-0.3, -0.25) is 14.6 Å². The second-order valence-corrected chi connectivity index (χ2v) is 7.16. The van der Waals surface area contributed by atoms with Crippen LogP contribution in [0.3, 0.4) is 0 Å². The zero-order chi connectivity index (χ0) is 20.5. The molecule has 1 aromatic heterocycles. The Hall–Kier alpha value is -3.08. The Bertz CT molecular complexity index is 963. The van der Waals surface area contributed by atoms with E-state index in [-0.39, 0.29) is 5.92 Å². The maximum atomic E-state index is 13.5. The highest BCUT2D eigenvalue weighted by Gasteiger charge is 2.47. The average molecular weight is 386 g/mol. The van der Waals surface area contributed by atoms with Crippen molar-refractivity contribution in [3.8, 4) is 6.07 Å². The van der Waals surface area contributed by atoms with Gasteiger partial charge in [-0.25, -0.2) is 8.78 Å². The summed E-state index contributed by atoms with van der Waals surface area (Å²) in [6, 6.07) is 7.68. The maximum Gasteiger partial charge on any atom is 0.268 e. The normalized spacial score (nSPS) is 18.3. The standard InChI is InChI=1S/C20H20F2N4O2/c1-12(2)14-4-3-5-16-18(14)15(6-7-24-16)19(28)25-10-17(27)26-11-20(21,22)8-13(26)9-23/h3-7,12-13H,8,10-11H2,1-2H3,(H,25,28). The number of rotatable bonds is 4. The van der Waals surface area contributed by atoms with Crippen molar-refractivity contribution in [2.75, 3.05) is 13.1 Å². The summed E-state index contributed by atoms with van der Waals surface area (Å²) in [5.74, 6) is -4.13. The Morgan fingerprint density at radius 2 is 2.14 bits per heavy atom. The minimum absolute atomic E-state index is 0.157. The summed E-state index contributed by atoms with van der Waals surface area (Å²) in [6.07, 6.45) is 0.825. The number of amides is 2. The van der Waals surface area contributed by atoms with Gasteiger partial charge in [-0.15, -0.1) is 0 Å². The number of nitriles is 1. The number of likely N-dealkylation sites (tertiary alicyclic amines) is 1. The van der Waals surface area contributed by atoms with Crippen LogP contribution in [0.1, 0.15) is 42.1 Å². The molecule has 1 aliphatic rings. The van der Waals surface area contributed by atoms with Gasteiger partial charge in [0.15, 0.2) is 0 Å². The quantitative estimate of drug-likeness (QED) is 0.876. The molecule has 2 aromatic rings. The minimum atomic E-state index is -3.09. The number of halogens is 2. The SMILES string of the molecule is CC(C)c1cccc2nccc(C(=O)NCC(=O)N3CC(F)(F)CC3C#N)c12. The molecule has 6 nitrogen and oxygen atoms in total. The Balaban J connectivity index is 1.79. The van der Waals surface area contributed by atoms with Crippen LogP contribution in [0.5, 0.6) is 0 Å². The number of alkyl halides is 2. The molecular formula is C20H20F2N4O2. The molecule has 1 aromatic carbocycles. The molecule has 0 bridgehead atoms. The van der Waals surface area contributed by atoms with Crippen LogP contribution in [-0.4, -0.2) is 46.8 Å². The van der Waals surface area contributed by atoms with Gasteiger partial charge in [0.1, 0.15) is 6.04 Å². The van der Waals surface area contributed by atoms with E-state index >= 15 is 0 Å². The van der Waals surface area contributed by atoms with Gasteiger partial charge in [-0.2, -0.15) is 5.26 Å². The molecule has 0 radical (unpaired) electrons. The van der Waals surface area contributed by atoms with Crippen LogP contribution in [0.15, 0.2) is 30.5 Å². The third-order valence-electron chi connectivity index (χ3n) is 4.80. The first kappa shape index (κ1) is 19.7. The van der Waals surface area contributed by atoms with Gasteiger partial charge in [0.05, 0.1) is 30.2 Å². The van der Waals surface area contributed by atoms with E-state index in [1.807, 2.05) is 26.0 Å². The third-order valence-corrected chi connectivity index (χ3v) is 4.80. The first-order chi connectivity index (χ1) is 13.2. The fraction of sp³-hybridized carbons (Fsp3) is 0.400. The molecule has 1 aliphatic heterocycles. The van der Waals surface area contributed by atoms with E-state index in [1.165, 1.54) is 6.20 Å². The molecule has 1 unspecified atom stereocenters. The maximum absolute atomic E-state index is 13.5. The van der Waals surface area contributed by atoms with Crippen molar-refractivity contribution in [1.82, 2.24) is 15.2 Å². The fourth-order valence-electron chi connectivity index (χ4n) is 3.45. The fourth-order valence-corrected chi connectivity index (χ4v) is 3.45. The largest absolute Gasteiger partial charge is 0.343 e. The van der Waals surface area contributed by atoms with E-state index in [0.29, 0.717) is 16.5 Å². The zero-order valence-corrected chi connectivity index (χ0v) is 15.6. The van der Waals surface area contributed by atoms with E-state index in [9.17, 15) is 18.4 Å². The molecule has 146 valence electrons. The van der Waals surface area contributed by atoms with Crippen molar-refractivity contribution >= 4 is 22.7 Å². The lowest BCUT2D eigenvalue weighted by Gasteiger charge is -2.19. The first-order valence-corrected chi connectivity index (χ1v) is 8.96. The highest BCUT2D eigenvalue weighted by atomic mass is 19.3. The third kappa shape index (κ3) is 3.79. The molecule has 0 saturated carbocycles. The number of fused-ring (bicyclic) bond motifs is 1. The number of carbonyl (C=O) groups is 2. The molecule has 0 spiro atoms. The molecule has 3 rings (SSSR count). The van der Waals surface area contributed by atoms with Crippen molar-refractivity contribution in [2.24, 2.45) is 0 Å². The van der Waals surface area contributed by atoms with Crippen LogP contribution in [0.25, 0.3) is 10.9 Å². The Labute approximate surface area is 161 Å². The molecule has 1 saturated heterocycles. The lowest BCUT2D eigenvalue weighted by molar-refractivity contribution is -0.131. The summed E-state index contributed by atoms with van der Waals surface area (Å²) in [5, 5.41) is 12.2. The van der Waals surface area contributed by atoms with Gasteiger partial charge in [-0.1, -0.05) is 26.0 Å². The lowest BCUT2D eigenvalue weighted by atomic mass is 9.95. The van der Waals surface area contributed by atoms with Gasteiger partial charge in [0.25, 0.3) is 11.8 Å². The van der Waals surface area contributed by atoms with E-state index in [0.717, 1.165) is 10.5 Å². The van der Waals surface area contributed by atoms with E-state index in [2.05, 4.69) is 10.3 Å². The second kappa shape index (κ2) is 7.50. The summed E-state index contributed by atoms with van der Waals surface area (Å²) >= 11 is 0. The smallest absolute Gasteiger partial charge is 0.268 e. The number of pyridine rings is 1. The summed E-state index contributed by atoms with van der Waals surface area (Å²) in [6.45, 7) is 2.74. The number of benzene rings is 1. The predicted molar refractivity (Wildman–Crippen MR) is 98.8 cm³/mol. The number of nitrogens with zero attached hydrogens (tertiary/aromatic N) is 3. The number of hydrogen-bond donors (Lipinski definition) is 1. The number of hydrogen-bond acceptors (Lipinski definition) is 4. The van der Waals surface area contributed by atoms with Crippen molar-refractivity contribution in [2.45, 2.75) is 38.2 Å². The molecule has 28 heavy (non-hydrogen) atoms. The molecule has 1 atom stereocenters. The van der Waals surface area contributed by atoms with Crippen molar-refractivity contribution in [3.05, 3.63) is 41.6 Å². The van der Waals surface area contributed by atoms with E-state index in [1.54, 1.807) is 18.2 Å². The molecule has 2 heterocycles. The topological polar surface area (TPSA) is 86.1 Å². The Morgan fingerprint density at radius 1 is 1.39 bits per heavy atom. The van der Waals surface area contributed by atoms with Gasteiger partial charge >= 0.3 is 0 Å². The zero-order valence-electron chi connectivity index (χ0n) is 15.6. The van der Waals surface area contributed by atoms with Gasteiger partial charge < -0.3 is 10.2 Å². The van der Waals surface area contributed by atoms with Crippen LogP contribution in [0.2, 0.25) is 0 Å². The number of carbonyl (C=O) groups excluding carboxylic acids is 2. The van der Waals surface area contributed by atoms with Crippen molar-refractivity contribution < 1.29 is 18.4 Å². The summed E-state index contributed by atoms with van der Waals surface area (Å²) < 4.78 is 27.0. The molecule has 2 amide bonds. The Kier molecular flexibility index (Phi) is 5.27. The number of aromatic nitrogens is 1. The summed E-state index contributed by atoms with van der Waals surface area (Å²) in [5.41, 5.74) is 1.98. The second-order valence-electron chi connectivity index (χ2n) is 7.16. The molecule has 1 N–H and O–H groups in total. The summed E-state index contributed by atoms with van der Waals surface area (Å²) in [4.78, 5) is 30.1. The van der Waals surface area contributed by atoms with Gasteiger partial charge in [0.2, 0.25) is 5.91 Å². The Morgan fingerprint density at radius 3 is 2.82 bits per heavy atom. The van der Waals surface area contributed by atoms with Crippen molar-refractivity contribution in [3.63, 3.8) is 0 Å². The first-order valence-electron chi connectivity index (χ1n) is 8.96. The predicted octanol–water partition coefficient (Wildman–Crippen LogP) is 2.85.